The van der Waals surface area contributed by atoms with E-state index in [4.69, 9.17) is 0 Å². The Hall–Kier alpha value is -1.40. The second kappa shape index (κ2) is 8.14. The minimum atomic E-state index is -3.34. The highest BCUT2D eigenvalue weighted by Crippen LogP contribution is 2.13. The van der Waals surface area contributed by atoms with Crippen LogP contribution >= 0.6 is 0 Å². The highest BCUT2D eigenvalue weighted by molar-refractivity contribution is 7.88. The summed E-state index contributed by atoms with van der Waals surface area (Å²) in [6.45, 7) is 5.04. The zero-order chi connectivity index (χ0) is 15.9. The summed E-state index contributed by atoms with van der Waals surface area (Å²) in [7, 11) is -3.34. The normalized spacial score (nSPS) is 11.6. The Kier molecular flexibility index (Phi) is 6.84. The lowest BCUT2D eigenvalue weighted by Crippen LogP contribution is -2.34. The van der Waals surface area contributed by atoms with Crippen LogP contribution in [0.25, 0.3) is 0 Å². The third-order valence-corrected chi connectivity index (χ3v) is 4.49. The van der Waals surface area contributed by atoms with Crippen LogP contribution in [0.4, 0.5) is 0 Å². The van der Waals surface area contributed by atoms with E-state index in [1.165, 1.54) is 10.6 Å². The Bertz CT molecular complexity index is 570. The molecule has 1 N–H and O–H groups in total. The molecule has 0 saturated heterocycles. The molecule has 1 aromatic rings. The van der Waals surface area contributed by atoms with E-state index in [1.54, 1.807) is 0 Å². The van der Waals surface area contributed by atoms with Gasteiger partial charge in [-0.1, -0.05) is 31.2 Å². The van der Waals surface area contributed by atoms with Crippen molar-refractivity contribution in [2.75, 3.05) is 19.3 Å². The average molecular weight is 312 g/mol. The third-order valence-electron chi connectivity index (χ3n) is 3.24. The number of carbonyl (C=O) groups excluding carboxylic acids is 1. The molecule has 0 saturated carbocycles. The van der Waals surface area contributed by atoms with E-state index in [9.17, 15) is 13.2 Å². The summed E-state index contributed by atoms with van der Waals surface area (Å²) >= 11 is 0. The molecule has 0 heterocycles. The molecule has 0 unspecified atom stereocenters. The molecule has 0 aliphatic carbocycles. The lowest BCUT2D eigenvalue weighted by Gasteiger charge is -2.20. The van der Waals surface area contributed by atoms with Gasteiger partial charge < -0.3 is 5.32 Å². The molecule has 0 aliphatic heterocycles. The van der Waals surface area contributed by atoms with Crippen molar-refractivity contribution in [3.8, 4) is 0 Å². The molecule has 0 atom stereocenters. The van der Waals surface area contributed by atoms with Crippen molar-refractivity contribution in [1.82, 2.24) is 9.62 Å². The molecule has 6 heteroatoms. The van der Waals surface area contributed by atoms with Gasteiger partial charge in [0.2, 0.25) is 15.9 Å². The number of amides is 1. The molecule has 0 fully saturated rings. The second-order valence-electron chi connectivity index (χ2n) is 5.12. The van der Waals surface area contributed by atoms with Gasteiger partial charge in [0.1, 0.15) is 0 Å². The van der Waals surface area contributed by atoms with Gasteiger partial charge in [-0.25, -0.2) is 8.42 Å². The van der Waals surface area contributed by atoms with Crippen LogP contribution in [0.5, 0.6) is 0 Å². The number of sulfonamides is 1. The Balaban J connectivity index is 2.70. The van der Waals surface area contributed by atoms with E-state index in [0.29, 0.717) is 13.1 Å². The van der Waals surface area contributed by atoms with E-state index in [1.807, 2.05) is 38.1 Å². The van der Waals surface area contributed by atoms with Crippen LogP contribution in [0.2, 0.25) is 0 Å². The predicted molar refractivity (Wildman–Crippen MR) is 84.4 cm³/mol. The van der Waals surface area contributed by atoms with Crippen molar-refractivity contribution in [2.24, 2.45) is 0 Å². The number of aryl methyl sites for hydroxylation is 1. The van der Waals surface area contributed by atoms with E-state index in [2.05, 4.69) is 5.32 Å². The number of benzene rings is 1. The first-order valence-electron chi connectivity index (χ1n) is 7.11. The van der Waals surface area contributed by atoms with Crippen LogP contribution in [-0.4, -0.2) is 38.0 Å². The molecule has 0 aliphatic rings. The van der Waals surface area contributed by atoms with E-state index < -0.39 is 10.0 Å². The highest BCUT2D eigenvalue weighted by atomic mass is 32.2. The fourth-order valence-corrected chi connectivity index (χ4v) is 2.72. The first kappa shape index (κ1) is 17.7. The first-order valence-corrected chi connectivity index (χ1v) is 8.95. The zero-order valence-corrected chi connectivity index (χ0v) is 13.7. The summed E-state index contributed by atoms with van der Waals surface area (Å²) in [6.07, 6.45) is 2.22. The molecule has 0 aromatic heterocycles. The van der Waals surface area contributed by atoms with Crippen LogP contribution < -0.4 is 5.32 Å². The topological polar surface area (TPSA) is 66.5 Å². The SMILES string of the molecule is CCCNC(=O)CCN(Cc1ccccc1C)S(C)(=O)=O. The van der Waals surface area contributed by atoms with Crippen molar-refractivity contribution in [2.45, 2.75) is 33.2 Å². The summed E-state index contributed by atoms with van der Waals surface area (Å²) in [5.41, 5.74) is 2.00. The van der Waals surface area contributed by atoms with Gasteiger partial charge in [0.15, 0.2) is 0 Å². The van der Waals surface area contributed by atoms with Gasteiger partial charge in [-0.2, -0.15) is 4.31 Å². The van der Waals surface area contributed by atoms with Crippen molar-refractivity contribution in [3.63, 3.8) is 0 Å². The summed E-state index contributed by atoms with van der Waals surface area (Å²) in [5.74, 6) is -0.115. The highest BCUT2D eigenvalue weighted by Gasteiger charge is 2.18. The molecule has 1 rings (SSSR count). The smallest absolute Gasteiger partial charge is 0.221 e. The molecule has 5 nitrogen and oxygen atoms in total. The third kappa shape index (κ3) is 6.27. The molecule has 0 spiro atoms. The standard InChI is InChI=1S/C15H24N2O3S/c1-4-10-16-15(18)9-11-17(21(3,19)20)12-14-8-6-5-7-13(14)2/h5-8H,4,9-12H2,1-3H3,(H,16,18). The summed E-state index contributed by atoms with van der Waals surface area (Å²) in [4.78, 5) is 11.6. The van der Waals surface area contributed by atoms with E-state index in [0.717, 1.165) is 17.5 Å². The maximum atomic E-state index is 11.9. The van der Waals surface area contributed by atoms with Gasteiger partial charge in [0.05, 0.1) is 6.26 Å². The van der Waals surface area contributed by atoms with E-state index in [-0.39, 0.29) is 18.9 Å². The first-order chi connectivity index (χ1) is 9.84. The molecular formula is C15H24N2O3S. The van der Waals surface area contributed by atoms with Gasteiger partial charge >= 0.3 is 0 Å². The molecule has 0 bridgehead atoms. The Labute approximate surface area is 127 Å². The lowest BCUT2D eigenvalue weighted by atomic mass is 10.1. The quantitative estimate of drug-likeness (QED) is 0.794. The minimum absolute atomic E-state index is 0.115. The molecule has 1 aromatic carbocycles. The number of hydrogen-bond donors (Lipinski definition) is 1. The van der Waals surface area contributed by atoms with Crippen LogP contribution in [0.3, 0.4) is 0 Å². The zero-order valence-electron chi connectivity index (χ0n) is 12.9. The Morgan fingerprint density at radius 1 is 1.29 bits per heavy atom. The van der Waals surface area contributed by atoms with Gasteiger partial charge in [-0.3, -0.25) is 4.79 Å². The lowest BCUT2D eigenvalue weighted by molar-refractivity contribution is -0.121. The van der Waals surface area contributed by atoms with Crippen molar-refractivity contribution < 1.29 is 13.2 Å². The number of rotatable bonds is 8. The fourth-order valence-electron chi connectivity index (χ4n) is 1.92. The summed E-state index contributed by atoms with van der Waals surface area (Å²) in [6, 6.07) is 7.66. The van der Waals surface area contributed by atoms with Gasteiger partial charge in [-0.15, -0.1) is 0 Å². The predicted octanol–water partition coefficient (Wildman–Crippen LogP) is 1.67. The number of hydrogen-bond acceptors (Lipinski definition) is 3. The second-order valence-corrected chi connectivity index (χ2v) is 7.11. The van der Waals surface area contributed by atoms with Crippen molar-refractivity contribution in [1.29, 1.82) is 0 Å². The largest absolute Gasteiger partial charge is 0.356 e. The molecule has 118 valence electrons. The van der Waals surface area contributed by atoms with Gasteiger partial charge in [-0.05, 0) is 24.5 Å². The molecular weight excluding hydrogens is 288 g/mol. The van der Waals surface area contributed by atoms with Crippen LogP contribution in [0.15, 0.2) is 24.3 Å². The fraction of sp³-hybridized carbons (Fsp3) is 0.533. The minimum Gasteiger partial charge on any atom is -0.356 e. The average Bonchev–Trinajstić information content (AvgIpc) is 2.41. The van der Waals surface area contributed by atoms with E-state index >= 15 is 0 Å². The molecule has 21 heavy (non-hydrogen) atoms. The van der Waals surface area contributed by atoms with Crippen LogP contribution in [0, 0.1) is 6.92 Å². The van der Waals surface area contributed by atoms with Gasteiger partial charge in [0.25, 0.3) is 0 Å². The molecule has 1 amide bonds. The Morgan fingerprint density at radius 2 is 1.95 bits per heavy atom. The maximum Gasteiger partial charge on any atom is 0.221 e. The van der Waals surface area contributed by atoms with Crippen molar-refractivity contribution >= 4 is 15.9 Å². The Morgan fingerprint density at radius 3 is 2.52 bits per heavy atom. The number of carbonyl (C=O) groups is 1. The maximum absolute atomic E-state index is 11.9. The summed E-state index contributed by atoms with van der Waals surface area (Å²) < 4.78 is 25.1. The number of nitrogens with one attached hydrogen (secondary N) is 1. The van der Waals surface area contributed by atoms with Gasteiger partial charge in [0, 0.05) is 26.1 Å². The molecule has 0 radical (unpaired) electrons. The number of nitrogens with zero attached hydrogens (tertiary/aromatic N) is 1. The van der Waals surface area contributed by atoms with Crippen molar-refractivity contribution in [3.05, 3.63) is 35.4 Å². The van der Waals surface area contributed by atoms with Crippen LogP contribution in [0.1, 0.15) is 30.9 Å². The monoisotopic (exact) mass is 312 g/mol. The van der Waals surface area contributed by atoms with Crippen LogP contribution in [-0.2, 0) is 21.4 Å². The summed E-state index contributed by atoms with van der Waals surface area (Å²) in [5, 5.41) is 2.75.